The number of carbonyl (C=O) groups excluding carboxylic acids is 1. The Kier molecular flexibility index (Phi) is 3.00. The zero-order valence-electron chi connectivity index (χ0n) is 9.54. The number of carbonyl (C=O) groups is 1. The Morgan fingerprint density at radius 2 is 2.18 bits per heavy atom. The van der Waals surface area contributed by atoms with Crippen LogP contribution in [0.2, 0.25) is 0 Å². The summed E-state index contributed by atoms with van der Waals surface area (Å²) in [6, 6.07) is 1.77. The van der Waals surface area contributed by atoms with Crippen molar-refractivity contribution < 1.29 is 13.6 Å². The summed E-state index contributed by atoms with van der Waals surface area (Å²) in [4.78, 5) is 13.5. The van der Waals surface area contributed by atoms with Gasteiger partial charge in [0.15, 0.2) is 5.82 Å². The summed E-state index contributed by atoms with van der Waals surface area (Å²) in [6.07, 6.45) is 0.887. The van der Waals surface area contributed by atoms with E-state index in [1.807, 2.05) is 6.92 Å². The van der Waals surface area contributed by atoms with Gasteiger partial charge >= 0.3 is 0 Å². The van der Waals surface area contributed by atoms with Crippen LogP contribution >= 0.6 is 0 Å². The zero-order chi connectivity index (χ0) is 12.6. The molecule has 92 valence electrons. The molecule has 1 atom stereocenters. The van der Waals surface area contributed by atoms with Crippen molar-refractivity contribution >= 4 is 11.6 Å². The third-order valence-electron chi connectivity index (χ3n) is 3.01. The number of amides is 1. The van der Waals surface area contributed by atoms with Gasteiger partial charge in [0.1, 0.15) is 5.82 Å². The van der Waals surface area contributed by atoms with Crippen LogP contribution in [0.4, 0.5) is 14.5 Å². The van der Waals surface area contributed by atoms with Gasteiger partial charge in [0.25, 0.3) is 5.91 Å². The van der Waals surface area contributed by atoms with Gasteiger partial charge in [0.05, 0.1) is 11.3 Å². The molecule has 5 heteroatoms. The highest BCUT2D eigenvalue weighted by atomic mass is 19.1. The zero-order valence-corrected chi connectivity index (χ0v) is 9.54. The van der Waals surface area contributed by atoms with Crippen LogP contribution in [0.25, 0.3) is 0 Å². The number of likely N-dealkylation sites (tertiary alicyclic amines) is 1. The number of nitrogen functional groups attached to an aromatic ring is 1. The van der Waals surface area contributed by atoms with Gasteiger partial charge in [-0.1, -0.05) is 6.92 Å². The quantitative estimate of drug-likeness (QED) is 0.763. The van der Waals surface area contributed by atoms with Crippen molar-refractivity contribution in [3.8, 4) is 0 Å². The van der Waals surface area contributed by atoms with Crippen molar-refractivity contribution in [3.63, 3.8) is 0 Å². The summed E-state index contributed by atoms with van der Waals surface area (Å²) < 4.78 is 26.8. The Hall–Kier alpha value is -1.65. The van der Waals surface area contributed by atoms with Crippen molar-refractivity contribution in [2.24, 2.45) is 5.92 Å². The molecule has 1 saturated heterocycles. The topological polar surface area (TPSA) is 46.3 Å². The van der Waals surface area contributed by atoms with Crippen molar-refractivity contribution in [3.05, 3.63) is 29.3 Å². The molecule has 1 aromatic rings. The Morgan fingerprint density at radius 3 is 2.76 bits per heavy atom. The molecule has 0 saturated carbocycles. The van der Waals surface area contributed by atoms with Crippen LogP contribution in [0.1, 0.15) is 23.7 Å². The summed E-state index contributed by atoms with van der Waals surface area (Å²) in [5.41, 5.74) is 4.69. The molecule has 0 radical (unpaired) electrons. The molecule has 0 spiro atoms. The predicted molar refractivity (Wildman–Crippen MR) is 60.5 cm³/mol. The normalized spacial score (nSPS) is 19.7. The van der Waals surface area contributed by atoms with Gasteiger partial charge in [-0.15, -0.1) is 0 Å². The number of anilines is 1. The molecule has 1 fully saturated rings. The van der Waals surface area contributed by atoms with E-state index >= 15 is 0 Å². The molecule has 1 amide bonds. The Bertz CT molecular complexity index is 462. The molecule has 0 aliphatic carbocycles. The smallest absolute Gasteiger partial charge is 0.257 e. The molecule has 2 N–H and O–H groups in total. The Balaban J connectivity index is 2.31. The number of nitrogens with two attached hydrogens (primary N) is 1. The van der Waals surface area contributed by atoms with Crippen molar-refractivity contribution in [2.75, 3.05) is 18.8 Å². The number of nitrogens with zero attached hydrogens (tertiary/aromatic N) is 1. The summed E-state index contributed by atoms with van der Waals surface area (Å²) in [7, 11) is 0. The molecule has 0 aromatic heterocycles. The van der Waals surface area contributed by atoms with Gasteiger partial charge in [0, 0.05) is 13.1 Å². The molecular weight excluding hydrogens is 226 g/mol. The number of benzene rings is 1. The molecule has 1 aliphatic rings. The van der Waals surface area contributed by atoms with Gasteiger partial charge in [-0.2, -0.15) is 0 Å². The van der Waals surface area contributed by atoms with E-state index < -0.39 is 17.5 Å². The summed E-state index contributed by atoms with van der Waals surface area (Å²) in [6.45, 7) is 3.17. The van der Waals surface area contributed by atoms with Crippen LogP contribution in [-0.4, -0.2) is 23.9 Å². The second-order valence-corrected chi connectivity index (χ2v) is 4.50. The lowest BCUT2D eigenvalue weighted by molar-refractivity contribution is 0.0783. The largest absolute Gasteiger partial charge is 0.396 e. The van der Waals surface area contributed by atoms with Crippen LogP contribution in [0.15, 0.2) is 12.1 Å². The summed E-state index contributed by atoms with van der Waals surface area (Å²) >= 11 is 0. The van der Waals surface area contributed by atoms with E-state index in [-0.39, 0.29) is 11.3 Å². The summed E-state index contributed by atoms with van der Waals surface area (Å²) in [5.74, 6) is -1.62. The predicted octanol–water partition coefficient (Wildman–Crippen LogP) is 2.03. The van der Waals surface area contributed by atoms with Crippen LogP contribution in [0, 0.1) is 17.6 Å². The van der Waals surface area contributed by atoms with Gasteiger partial charge in [-0.05, 0) is 24.5 Å². The van der Waals surface area contributed by atoms with E-state index in [1.165, 1.54) is 4.90 Å². The second kappa shape index (κ2) is 4.31. The fraction of sp³-hybridized carbons (Fsp3) is 0.417. The minimum absolute atomic E-state index is 0.281. The minimum Gasteiger partial charge on any atom is -0.396 e. The third kappa shape index (κ3) is 2.23. The monoisotopic (exact) mass is 240 g/mol. The number of hydrogen-bond acceptors (Lipinski definition) is 2. The van der Waals surface area contributed by atoms with Crippen LogP contribution in [-0.2, 0) is 0 Å². The maximum Gasteiger partial charge on any atom is 0.257 e. The molecule has 2 rings (SSSR count). The molecule has 3 nitrogen and oxygen atoms in total. The number of hydrogen-bond donors (Lipinski definition) is 1. The van der Waals surface area contributed by atoms with Crippen LogP contribution in [0.3, 0.4) is 0 Å². The molecule has 0 bridgehead atoms. The van der Waals surface area contributed by atoms with E-state index in [4.69, 9.17) is 5.73 Å². The lowest BCUT2D eigenvalue weighted by Crippen LogP contribution is -2.29. The average Bonchev–Trinajstić information content (AvgIpc) is 2.69. The van der Waals surface area contributed by atoms with Crippen LogP contribution < -0.4 is 5.73 Å². The third-order valence-corrected chi connectivity index (χ3v) is 3.01. The van der Waals surface area contributed by atoms with Gasteiger partial charge in [-0.3, -0.25) is 4.79 Å². The Labute approximate surface area is 98.2 Å². The van der Waals surface area contributed by atoms with E-state index in [1.54, 1.807) is 0 Å². The highest BCUT2D eigenvalue weighted by Gasteiger charge is 2.27. The van der Waals surface area contributed by atoms with E-state index in [0.717, 1.165) is 18.6 Å². The van der Waals surface area contributed by atoms with Gasteiger partial charge < -0.3 is 10.6 Å². The first-order chi connectivity index (χ1) is 7.99. The van der Waals surface area contributed by atoms with E-state index in [9.17, 15) is 13.6 Å². The van der Waals surface area contributed by atoms with Crippen molar-refractivity contribution in [1.82, 2.24) is 4.90 Å². The standard InChI is InChI=1S/C12H14F2N2O/c1-7-2-3-16(6-7)12(17)9-4-8(13)5-10(15)11(9)14/h4-5,7H,2-3,6,15H2,1H3. The highest BCUT2D eigenvalue weighted by Crippen LogP contribution is 2.22. The fourth-order valence-electron chi connectivity index (χ4n) is 2.06. The molecule has 1 heterocycles. The fourth-order valence-corrected chi connectivity index (χ4v) is 2.06. The number of halogens is 2. The molecule has 1 aliphatic heterocycles. The van der Waals surface area contributed by atoms with Gasteiger partial charge in [0.2, 0.25) is 0 Å². The highest BCUT2D eigenvalue weighted by molar-refractivity contribution is 5.95. The lowest BCUT2D eigenvalue weighted by Gasteiger charge is -2.16. The molecule has 1 unspecified atom stereocenters. The minimum atomic E-state index is -0.837. The van der Waals surface area contributed by atoms with E-state index in [0.29, 0.717) is 19.0 Å². The first-order valence-electron chi connectivity index (χ1n) is 5.53. The average molecular weight is 240 g/mol. The SMILES string of the molecule is CC1CCN(C(=O)c2cc(F)cc(N)c2F)C1. The van der Waals surface area contributed by atoms with Crippen molar-refractivity contribution in [1.29, 1.82) is 0 Å². The maximum absolute atomic E-state index is 13.6. The Morgan fingerprint density at radius 1 is 1.47 bits per heavy atom. The van der Waals surface area contributed by atoms with E-state index in [2.05, 4.69) is 0 Å². The summed E-state index contributed by atoms with van der Waals surface area (Å²) in [5, 5.41) is 0. The molecular formula is C12H14F2N2O. The molecule has 17 heavy (non-hydrogen) atoms. The number of rotatable bonds is 1. The van der Waals surface area contributed by atoms with Crippen molar-refractivity contribution in [2.45, 2.75) is 13.3 Å². The maximum atomic E-state index is 13.6. The first kappa shape index (κ1) is 11.8. The second-order valence-electron chi connectivity index (χ2n) is 4.50. The lowest BCUT2D eigenvalue weighted by atomic mass is 10.1. The molecule has 1 aromatic carbocycles. The first-order valence-corrected chi connectivity index (χ1v) is 5.53. The van der Waals surface area contributed by atoms with Crippen LogP contribution in [0.5, 0.6) is 0 Å². The van der Waals surface area contributed by atoms with Gasteiger partial charge in [-0.25, -0.2) is 8.78 Å².